The fourth-order valence-electron chi connectivity index (χ4n) is 3.28. The molecule has 2 heterocycles. The molecule has 1 fully saturated rings. The Hall–Kier alpha value is -2.34. The number of hydrogen-bond acceptors (Lipinski definition) is 3. The molecule has 1 unspecified atom stereocenters. The maximum atomic E-state index is 12.6. The lowest BCUT2D eigenvalue weighted by molar-refractivity contribution is -0.166. The zero-order valence-electron chi connectivity index (χ0n) is 13.9. The van der Waals surface area contributed by atoms with Gasteiger partial charge in [0.05, 0.1) is 19.1 Å². The van der Waals surface area contributed by atoms with Crippen LogP contribution in [0.4, 0.5) is 0 Å². The first kappa shape index (κ1) is 16.5. The number of nitrogens with one attached hydrogen (secondary N) is 1. The Morgan fingerprint density at radius 2 is 2.12 bits per heavy atom. The van der Waals surface area contributed by atoms with Gasteiger partial charge >= 0.3 is 5.97 Å². The number of carbonyl (C=O) groups is 2. The van der Waals surface area contributed by atoms with Crippen molar-refractivity contribution in [3.8, 4) is 0 Å². The molecule has 1 saturated heterocycles. The number of nitrogens with zero attached hydrogens (tertiary/aromatic N) is 1. The number of carbonyl (C=O) groups excluding carboxylic acids is 1. The third-order valence-corrected chi connectivity index (χ3v) is 4.50. The van der Waals surface area contributed by atoms with Crippen LogP contribution >= 0.6 is 0 Å². The minimum atomic E-state index is -1.03. The van der Waals surface area contributed by atoms with E-state index in [1.54, 1.807) is 11.8 Å². The van der Waals surface area contributed by atoms with Gasteiger partial charge in [-0.15, -0.1) is 0 Å². The number of aromatic nitrogens is 1. The SMILES string of the molecule is CCc1cccc2c(CC(=O)N3CC(C(=O)O)O[C@H](C)C3)c[nH]c12. The van der Waals surface area contributed by atoms with Crippen LogP contribution in [-0.4, -0.2) is 52.2 Å². The fourth-order valence-corrected chi connectivity index (χ4v) is 3.28. The molecule has 128 valence electrons. The molecule has 1 aliphatic rings. The molecule has 6 heteroatoms. The Bertz CT molecular complexity index is 767. The van der Waals surface area contributed by atoms with Crippen LogP contribution in [0.3, 0.4) is 0 Å². The first-order valence-electron chi connectivity index (χ1n) is 8.23. The monoisotopic (exact) mass is 330 g/mol. The second kappa shape index (κ2) is 6.65. The third kappa shape index (κ3) is 3.14. The number of para-hydroxylation sites is 1. The maximum Gasteiger partial charge on any atom is 0.334 e. The van der Waals surface area contributed by atoms with Gasteiger partial charge in [-0.2, -0.15) is 0 Å². The Morgan fingerprint density at radius 1 is 1.33 bits per heavy atom. The molecule has 2 atom stereocenters. The second-order valence-corrected chi connectivity index (χ2v) is 6.26. The van der Waals surface area contributed by atoms with Gasteiger partial charge in [-0.1, -0.05) is 25.1 Å². The van der Waals surface area contributed by atoms with Crippen molar-refractivity contribution < 1.29 is 19.4 Å². The van der Waals surface area contributed by atoms with Crippen molar-refractivity contribution >= 4 is 22.8 Å². The highest BCUT2D eigenvalue weighted by molar-refractivity contribution is 5.90. The average Bonchev–Trinajstić information content (AvgIpc) is 2.97. The number of aryl methyl sites for hydroxylation is 1. The molecule has 6 nitrogen and oxygen atoms in total. The van der Waals surface area contributed by atoms with Crippen molar-refractivity contribution in [1.29, 1.82) is 0 Å². The van der Waals surface area contributed by atoms with Crippen LogP contribution in [0.25, 0.3) is 10.9 Å². The van der Waals surface area contributed by atoms with Gasteiger partial charge in [0.1, 0.15) is 0 Å². The normalized spacial score (nSPS) is 21.2. The molecule has 0 bridgehead atoms. The molecule has 2 N–H and O–H groups in total. The molecule has 1 aromatic heterocycles. The fraction of sp³-hybridized carbons (Fsp3) is 0.444. The number of carboxylic acids is 1. The van der Waals surface area contributed by atoms with Crippen molar-refractivity contribution in [2.75, 3.05) is 13.1 Å². The summed E-state index contributed by atoms with van der Waals surface area (Å²) in [6.07, 6.45) is 1.82. The Morgan fingerprint density at radius 3 is 2.83 bits per heavy atom. The van der Waals surface area contributed by atoms with Gasteiger partial charge in [0.15, 0.2) is 6.10 Å². The van der Waals surface area contributed by atoms with E-state index in [2.05, 4.69) is 18.0 Å². The summed E-state index contributed by atoms with van der Waals surface area (Å²) in [5.74, 6) is -1.10. The largest absolute Gasteiger partial charge is 0.479 e. The number of ether oxygens (including phenoxy) is 1. The van der Waals surface area contributed by atoms with E-state index >= 15 is 0 Å². The van der Waals surface area contributed by atoms with Crippen LogP contribution in [0, 0.1) is 0 Å². The van der Waals surface area contributed by atoms with E-state index in [0.717, 1.165) is 22.9 Å². The quantitative estimate of drug-likeness (QED) is 0.898. The van der Waals surface area contributed by atoms with Gasteiger partial charge in [-0.05, 0) is 24.5 Å². The number of amides is 1. The zero-order valence-corrected chi connectivity index (χ0v) is 13.9. The molecule has 0 spiro atoms. The molecule has 0 radical (unpaired) electrons. The molecule has 1 aromatic carbocycles. The van der Waals surface area contributed by atoms with Crippen molar-refractivity contribution in [2.24, 2.45) is 0 Å². The van der Waals surface area contributed by atoms with Gasteiger partial charge in [-0.3, -0.25) is 4.79 Å². The van der Waals surface area contributed by atoms with E-state index < -0.39 is 12.1 Å². The standard InChI is InChI=1S/C18H22N2O4/c1-3-12-5-4-6-14-13(8-19-17(12)14)7-16(21)20-9-11(2)24-15(10-20)18(22)23/h4-6,8,11,15,19H,3,7,9-10H2,1-2H3,(H,22,23)/t11-,15?/m1/s1. The van der Waals surface area contributed by atoms with Gasteiger partial charge < -0.3 is 19.7 Å². The number of H-pyrrole nitrogens is 1. The lowest BCUT2D eigenvalue weighted by atomic mass is 10.0. The van der Waals surface area contributed by atoms with E-state index in [1.165, 1.54) is 5.56 Å². The van der Waals surface area contributed by atoms with Crippen molar-refractivity contribution in [3.63, 3.8) is 0 Å². The Balaban J connectivity index is 1.78. The maximum absolute atomic E-state index is 12.6. The van der Waals surface area contributed by atoms with Crippen LogP contribution < -0.4 is 0 Å². The van der Waals surface area contributed by atoms with Crippen LogP contribution in [0.5, 0.6) is 0 Å². The summed E-state index contributed by atoms with van der Waals surface area (Å²) in [7, 11) is 0. The summed E-state index contributed by atoms with van der Waals surface area (Å²) in [4.78, 5) is 28.7. The number of carboxylic acid groups (broad SMARTS) is 1. The zero-order chi connectivity index (χ0) is 17.3. The van der Waals surface area contributed by atoms with E-state index in [0.29, 0.717) is 6.54 Å². The Labute approximate surface area is 140 Å². The number of aromatic amines is 1. The minimum absolute atomic E-state index is 0.0702. The number of morpholine rings is 1. The van der Waals surface area contributed by atoms with E-state index in [4.69, 9.17) is 9.84 Å². The van der Waals surface area contributed by atoms with Crippen molar-refractivity contribution in [2.45, 2.75) is 38.9 Å². The predicted molar refractivity (Wildman–Crippen MR) is 89.9 cm³/mol. The van der Waals surface area contributed by atoms with E-state index in [-0.39, 0.29) is 25.0 Å². The van der Waals surface area contributed by atoms with Gasteiger partial charge in [0.25, 0.3) is 0 Å². The number of fused-ring (bicyclic) bond motifs is 1. The second-order valence-electron chi connectivity index (χ2n) is 6.26. The molecular formula is C18H22N2O4. The predicted octanol–water partition coefficient (Wildman–Crippen LogP) is 1.97. The van der Waals surface area contributed by atoms with Crippen molar-refractivity contribution in [3.05, 3.63) is 35.5 Å². The first-order chi connectivity index (χ1) is 11.5. The smallest absolute Gasteiger partial charge is 0.334 e. The molecule has 3 rings (SSSR count). The molecule has 2 aromatic rings. The van der Waals surface area contributed by atoms with Crippen LogP contribution in [-0.2, 0) is 27.2 Å². The Kier molecular flexibility index (Phi) is 4.57. The topological polar surface area (TPSA) is 82.6 Å². The lowest BCUT2D eigenvalue weighted by Gasteiger charge is -2.35. The van der Waals surface area contributed by atoms with Gasteiger partial charge in [0.2, 0.25) is 5.91 Å². The van der Waals surface area contributed by atoms with Gasteiger partial charge in [-0.25, -0.2) is 4.79 Å². The molecule has 1 amide bonds. The third-order valence-electron chi connectivity index (χ3n) is 4.50. The molecular weight excluding hydrogens is 308 g/mol. The lowest BCUT2D eigenvalue weighted by Crippen LogP contribution is -2.52. The van der Waals surface area contributed by atoms with Crippen LogP contribution in [0.15, 0.2) is 24.4 Å². The van der Waals surface area contributed by atoms with Gasteiger partial charge in [0, 0.05) is 23.6 Å². The molecule has 0 aliphatic carbocycles. The molecule has 24 heavy (non-hydrogen) atoms. The highest BCUT2D eigenvalue weighted by atomic mass is 16.5. The minimum Gasteiger partial charge on any atom is -0.479 e. The number of hydrogen-bond donors (Lipinski definition) is 2. The highest BCUT2D eigenvalue weighted by Gasteiger charge is 2.32. The molecule has 1 aliphatic heterocycles. The van der Waals surface area contributed by atoms with Crippen LogP contribution in [0.1, 0.15) is 25.0 Å². The number of aliphatic carboxylic acids is 1. The summed E-state index contributed by atoms with van der Waals surface area (Å²) in [5.41, 5.74) is 3.23. The number of benzene rings is 1. The van der Waals surface area contributed by atoms with Crippen molar-refractivity contribution in [1.82, 2.24) is 9.88 Å². The summed E-state index contributed by atoms with van der Waals surface area (Å²) in [6.45, 7) is 4.41. The van der Waals surface area contributed by atoms with Crippen LogP contribution in [0.2, 0.25) is 0 Å². The average molecular weight is 330 g/mol. The summed E-state index contributed by atoms with van der Waals surface area (Å²) >= 11 is 0. The van der Waals surface area contributed by atoms with E-state index in [9.17, 15) is 9.59 Å². The summed E-state index contributed by atoms with van der Waals surface area (Å²) in [5, 5.41) is 10.2. The molecule has 0 saturated carbocycles. The summed E-state index contributed by atoms with van der Waals surface area (Å²) < 4.78 is 5.36. The first-order valence-corrected chi connectivity index (χ1v) is 8.23. The summed E-state index contributed by atoms with van der Waals surface area (Å²) in [6, 6.07) is 6.08. The van der Waals surface area contributed by atoms with E-state index in [1.807, 2.05) is 18.3 Å². The number of rotatable bonds is 4. The highest BCUT2D eigenvalue weighted by Crippen LogP contribution is 2.23.